The average molecular weight is 499 g/mol. The molecule has 1 unspecified atom stereocenters. The van der Waals surface area contributed by atoms with E-state index in [2.05, 4.69) is 17.0 Å². The number of carbonyl (C=O) groups excluding carboxylic acids is 2. The van der Waals surface area contributed by atoms with E-state index in [0.29, 0.717) is 24.3 Å². The monoisotopic (exact) mass is 498 g/mol. The van der Waals surface area contributed by atoms with Crippen LogP contribution in [0.25, 0.3) is 5.57 Å². The van der Waals surface area contributed by atoms with Gasteiger partial charge >= 0.3 is 6.09 Å². The number of hydrogen-bond donors (Lipinski definition) is 0. The van der Waals surface area contributed by atoms with E-state index in [-0.39, 0.29) is 18.1 Å². The second-order valence-corrected chi connectivity index (χ2v) is 12.6. The Labute approximate surface area is 214 Å². The Hall–Kier alpha value is -2.01. The Kier molecular flexibility index (Phi) is 6.67. The molecule has 2 amide bonds. The lowest BCUT2D eigenvalue weighted by Crippen LogP contribution is -2.49. The lowest BCUT2D eigenvalue weighted by molar-refractivity contribution is -0.139. The van der Waals surface area contributed by atoms with Crippen molar-refractivity contribution in [1.29, 1.82) is 0 Å². The van der Waals surface area contributed by atoms with Crippen LogP contribution in [0.3, 0.4) is 0 Å². The number of rotatable bonds is 4. The van der Waals surface area contributed by atoms with E-state index in [0.717, 1.165) is 50.1 Å². The van der Waals surface area contributed by atoms with Crippen molar-refractivity contribution in [2.45, 2.75) is 83.8 Å². The van der Waals surface area contributed by atoms with Gasteiger partial charge in [-0.05, 0) is 118 Å². The number of halogens is 1. The minimum Gasteiger partial charge on any atom is -0.444 e. The second kappa shape index (κ2) is 9.46. The molecule has 4 aliphatic rings. The average Bonchev–Trinajstić information content (AvgIpc) is 3.57. The summed E-state index contributed by atoms with van der Waals surface area (Å²) in [7, 11) is 1.82. The van der Waals surface area contributed by atoms with E-state index in [1.807, 2.05) is 33.9 Å². The van der Waals surface area contributed by atoms with Crippen molar-refractivity contribution in [3.05, 3.63) is 39.9 Å². The first kappa shape index (κ1) is 24.7. The molecule has 2 fully saturated rings. The van der Waals surface area contributed by atoms with Crippen LogP contribution in [0.15, 0.2) is 23.8 Å². The first-order valence-electron chi connectivity index (χ1n) is 13.4. The summed E-state index contributed by atoms with van der Waals surface area (Å²) in [4.78, 5) is 30.1. The smallest absolute Gasteiger partial charge is 0.410 e. The molecule has 0 aromatic heterocycles. The second-order valence-electron chi connectivity index (χ2n) is 12.1. The van der Waals surface area contributed by atoms with Gasteiger partial charge in [0.1, 0.15) is 5.60 Å². The first-order valence-corrected chi connectivity index (χ1v) is 13.7. The molecule has 0 radical (unpaired) electrons. The highest BCUT2D eigenvalue weighted by atomic mass is 35.5. The zero-order chi connectivity index (χ0) is 24.9. The molecule has 1 aliphatic heterocycles. The molecule has 3 aliphatic carbocycles. The molecule has 0 bridgehead atoms. The highest BCUT2D eigenvalue weighted by molar-refractivity contribution is 6.30. The van der Waals surface area contributed by atoms with Crippen molar-refractivity contribution in [3.8, 4) is 0 Å². The van der Waals surface area contributed by atoms with Crippen LogP contribution in [0.1, 0.15) is 76.8 Å². The molecule has 6 heteroatoms. The largest absolute Gasteiger partial charge is 0.444 e. The fraction of sp³-hybridized carbons (Fsp3) is 0.655. The minimum absolute atomic E-state index is 0.111. The molecule has 1 aromatic carbocycles. The Bertz CT molecular complexity index is 1030. The third-order valence-corrected chi connectivity index (χ3v) is 8.48. The van der Waals surface area contributed by atoms with Crippen LogP contribution in [0.2, 0.25) is 5.02 Å². The highest BCUT2D eigenvalue weighted by Crippen LogP contribution is 2.49. The molecule has 0 saturated heterocycles. The zero-order valence-corrected chi connectivity index (χ0v) is 22.4. The minimum atomic E-state index is -0.482. The van der Waals surface area contributed by atoms with E-state index in [9.17, 15) is 9.59 Å². The van der Waals surface area contributed by atoms with Crippen LogP contribution in [0.4, 0.5) is 4.79 Å². The van der Waals surface area contributed by atoms with Gasteiger partial charge in [0.05, 0.1) is 6.04 Å². The number of carbonyl (C=O) groups is 2. The standard InChI is InChI=1S/C29H39ClN2O3/c1-29(2,3)35-28(34)31(4)17-18-5-7-20(8-6-18)27(33)32-14-13-24-23-12-11-22(30)15-21(23)16-25(24)26(32)19-9-10-19/h11-12,15,18-20,26H,5-10,13-14,16-17H2,1-4H3. The third kappa shape index (κ3) is 5.26. The van der Waals surface area contributed by atoms with E-state index in [4.69, 9.17) is 16.3 Å². The van der Waals surface area contributed by atoms with Gasteiger partial charge in [-0.15, -0.1) is 0 Å². The van der Waals surface area contributed by atoms with Gasteiger partial charge in [-0.25, -0.2) is 4.79 Å². The molecule has 35 heavy (non-hydrogen) atoms. The van der Waals surface area contributed by atoms with Gasteiger partial charge in [-0.1, -0.05) is 17.7 Å². The Morgan fingerprint density at radius 3 is 2.49 bits per heavy atom. The molecule has 190 valence electrons. The summed E-state index contributed by atoms with van der Waals surface area (Å²) in [5, 5.41) is 0.800. The summed E-state index contributed by atoms with van der Waals surface area (Å²) >= 11 is 6.29. The predicted octanol–water partition coefficient (Wildman–Crippen LogP) is 6.33. The Morgan fingerprint density at radius 1 is 1.11 bits per heavy atom. The van der Waals surface area contributed by atoms with Crippen molar-refractivity contribution in [2.24, 2.45) is 17.8 Å². The maximum absolute atomic E-state index is 13.8. The third-order valence-electron chi connectivity index (χ3n) is 8.24. The van der Waals surface area contributed by atoms with E-state index in [1.54, 1.807) is 4.90 Å². The molecular formula is C29H39ClN2O3. The quantitative estimate of drug-likeness (QED) is 0.487. The summed E-state index contributed by atoms with van der Waals surface area (Å²) in [6.45, 7) is 7.21. The van der Waals surface area contributed by atoms with Crippen molar-refractivity contribution in [2.75, 3.05) is 20.1 Å². The van der Waals surface area contributed by atoms with Gasteiger partial charge in [0.15, 0.2) is 0 Å². The van der Waals surface area contributed by atoms with Gasteiger partial charge in [-0.3, -0.25) is 4.79 Å². The van der Waals surface area contributed by atoms with Crippen LogP contribution in [0, 0.1) is 17.8 Å². The zero-order valence-electron chi connectivity index (χ0n) is 21.6. The fourth-order valence-corrected chi connectivity index (χ4v) is 6.65. The number of nitrogens with zero attached hydrogens (tertiary/aromatic N) is 2. The summed E-state index contributed by atoms with van der Waals surface area (Å²) < 4.78 is 5.50. The molecule has 1 atom stereocenters. The van der Waals surface area contributed by atoms with Gasteiger partial charge < -0.3 is 14.5 Å². The van der Waals surface area contributed by atoms with Crippen LogP contribution in [-0.4, -0.2) is 53.6 Å². The normalized spacial score (nSPS) is 26.3. The molecule has 5 nitrogen and oxygen atoms in total. The summed E-state index contributed by atoms with van der Waals surface area (Å²) in [5.74, 6) is 1.52. The van der Waals surface area contributed by atoms with Crippen LogP contribution in [0.5, 0.6) is 0 Å². The number of hydrogen-bond acceptors (Lipinski definition) is 3. The first-order chi connectivity index (χ1) is 16.6. The molecule has 1 aromatic rings. The summed E-state index contributed by atoms with van der Waals surface area (Å²) in [6, 6.07) is 6.56. The van der Waals surface area contributed by atoms with E-state index in [1.165, 1.54) is 35.1 Å². The molecule has 0 spiro atoms. The van der Waals surface area contributed by atoms with Crippen LogP contribution in [-0.2, 0) is 16.0 Å². The van der Waals surface area contributed by atoms with Crippen molar-refractivity contribution < 1.29 is 14.3 Å². The van der Waals surface area contributed by atoms with Gasteiger partial charge in [0, 0.05) is 31.1 Å². The van der Waals surface area contributed by atoms with Gasteiger partial charge in [-0.2, -0.15) is 0 Å². The Morgan fingerprint density at radius 2 is 1.83 bits per heavy atom. The lowest BCUT2D eigenvalue weighted by Gasteiger charge is -2.41. The SMILES string of the molecule is CN(CC1CCC(C(=O)N2CCC3=C(Cc4cc(Cl)ccc43)C2C2CC2)CC1)C(=O)OC(C)(C)C. The van der Waals surface area contributed by atoms with Gasteiger partial charge in [0.25, 0.3) is 0 Å². The number of benzene rings is 1. The molecule has 5 rings (SSSR count). The van der Waals surface area contributed by atoms with Crippen LogP contribution >= 0.6 is 11.6 Å². The molecular weight excluding hydrogens is 460 g/mol. The Balaban J connectivity index is 1.21. The maximum Gasteiger partial charge on any atom is 0.410 e. The number of amides is 2. The number of ether oxygens (including phenoxy) is 1. The van der Waals surface area contributed by atoms with Crippen molar-refractivity contribution >= 4 is 29.2 Å². The summed E-state index contributed by atoms with van der Waals surface area (Å²) in [6.07, 6.45) is 7.90. The topological polar surface area (TPSA) is 49.9 Å². The summed E-state index contributed by atoms with van der Waals surface area (Å²) in [5.41, 5.74) is 5.17. The van der Waals surface area contributed by atoms with E-state index >= 15 is 0 Å². The maximum atomic E-state index is 13.8. The number of fused-ring (bicyclic) bond motifs is 2. The predicted molar refractivity (Wildman–Crippen MR) is 139 cm³/mol. The van der Waals surface area contributed by atoms with Crippen LogP contribution < -0.4 is 0 Å². The highest BCUT2D eigenvalue weighted by Gasteiger charge is 2.46. The lowest BCUT2D eigenvalue weighted by atomic mass is 9.80. The van der Waals surface area contributed by atoms with E-state index < -0.39 is 5.60 Å². The fourth-order valence-electron chi connectivity index (χ4n) is 6.45. The van der Waals surface area contributed by atoms with Crippen molar-refractivity contribution in [3.63, 3.8) is 0 Å². The van der Waals surface area contributed by atoms with Crippen molar-refractivity contribution in [1.82, 2.24) is 9.80 Å². The molecule has 2 saturated carbocycles. The molecule has 0 N–H and O–H groups in total. The molecule has 1 heterocycles. The van der Waals surface area contributed by atoms with Gasteiger partial charge in [0.2, 0.25) is 5.91 Å².